The van der Waals surface area contributed by atoms with Crippen molar-refractivity contribution in [1.82, 2.24) is 4.57 Å². The summed E-state index contributed by atoms with van der Waals surface area (Å²) in [6.07, 6.45) is 0.713. The molecule has 1 saturated carbocycles. The van der Waals surface area contributed by atoms with E-state index in [-0.39, 0.29) is 18.6 Å². The molecule has 0 saturated heterocycles. The minimum absolute atomic E-state index is 0.186. The molecule has 2 unspecified atom stereocenters. The Labute approximate surface area is 184 Å². The van der Waals surface area contributed by atoms with Crippen LogP contribution in [0.15, 0.2) is 33.5 Å². The molecule has 7 nitrogen and oxygen atoms in total. The molecule has 4 N–H and O–H groups in total. The smallest absolute Gasteiger partial charge is 0.254 e. The predicted octanol–water partition coefficient (Wildman–Crippen LogP) is 3.20. The Kier molecular flexibility index (Phi) is 6.74. The lowest BCUT2D eigenvalue weighted by molar-refractivity contribution is 0.0862. The lowest BCUT2D eigenvalue weighted by Gasteiger charge is -2.22. The number of aliphatic hydroxyl groups excluding tert-OH is 2. The fourth-order valence-corrected chi connectivity index (χ4v) is 5.26. The van der Waals surface area contributed by atoms with Gasteiger partial charge < -0.3 is 20.3 Å². The number of hydrogen-bond acceptors (Lipinski definition) is 5. The number of anilines is 3. The first-order chi connectivity index (χ1) is 13.7. The van der Waals surface area contributed by atoms with Crippen molar-refractivity contribution in [3.05, 3.63) is 49.7 Å². The van der Waals surface area contributed by atoms with Crippen LogP contribution >= 0.6 is 27.5 Å². The summed E-state index contributed by atoms with van der Waals surface area (Å²) in [5, 5.41) is 22.5. The van der Waals surface area contributed by atoms with Crippen molar-refractivity contribution in [2.45, 2.75) is 37.0 Å². The van der Waals surface area contributed by atoms with Crippen molar-refractivity contribution < 1.29 is 14.4 Å². The third-order valence-corrected chi connectivity index (χ3v) is 7.57. The van der Waals surface area contributed by atoms with Gasteiger partial charge in [-0.05, 0) is 50.5 Å². The van der Waals surface area contributed by atoms with Crippen molar-refractivity contribution in [2.24, 2.45) is 7.05 Å². The number of benzene rings is 1. The number of nitrogens with zero attached hydrogens (tertiary/aromatic N) is 1. The number of aromatic nitrogens is 1. The quantitative estimate of drug-likeness (QED) is 0.442. The van der Waals surface area contributed by atoms with E-state index in [0.717, 1.165) is 4.47 Å². The zero-order valence-corrected chi connectivity index (χ0v) is 19.2. The van der Waals surface area contributed by atoms with E-state index in [0.29, 0.717) is 40.6 Å². The number of rotatable bonds is 8. The number of aryl methyl sites for hydroxylation is 1. The molecule has 1 fully saturated rings. The molecule has 1 heterocycles. The molecular weight excluding hydrogens is 482 g/mol. The summed E-state index contributed by atoms with van der Waals surface area (Å²) in [5.41, 5.74) is 1.40. The second-order valence-corrected chi connectivity index (χ2v) is 10.2. The molecule has 1 aromatic carbocycles. The summed E-state index contributed by atoms with van der Waals surface area (Å²) in [6.45, 7) is 1.32. The van der Waals surface area contributed by atoms with Crippen molar-refractivity contribution in [3.63, 3.8) is 0 Å². The molecule has 0 radical (unpaired) electrons. The Morgan fingerprint density at radius 2 is 2.03 bits per heavy atom. The summed E-state index contributed by atoms with van der Waals surface area (Å²) in [7, 11) is 0.116. The van der Waals surface area contributed by atoms with Gasteiger partial charge in [-0.15, -0.1) is 0 Å². The summed E-state index contributed by atoms with van der Waals surface area (Å²) >= 11 is 9.67. The molecule has 158 valence electrons. The summed E-state index contributed by atoms with van der Waals surface area (Å²) in [4.78, 5) is 12.5. The van der Waals surface area contributed by atoms with Gasteiger partial charge in [-0.3, -0.25) is 9.36 Å². The van der Waals surface area contributed by atoms with Crippen molar-refractivity contribution in [1.29, 1.82) is 0 Å². The van der Waals surface area contributed by atoms with Crippen LogP contribution < -0.4 is 15.6 Å². The van der Waals surface area contributed by atoms with Gasteiger partial charge in [-0.2, -0.15) is 0 Å². The molecule has 1 aliphatic rings. The molecule has 29 heavy (non-hydrogen) atoms. The van der Waals surface area contributed by atoms with Crippen LogP contribution in [0.5, 0.6) is 0 Å². The van der Waals surface area contributed by atoms with Crippen LogP contribution in [0.3, 0.4) is 0 Å². The zero-order chi connectivity index (χ0) is 21.3. The summed E-state index contributed by atoms with van der Waals surface area (Å²) in [5.74, 6) is 0.427. The fourth-order valence-electron chi connectivity index (χ4n) is 3.15. The van der Waals surface area contributed by atoms with E-state index in [9.17, 15) is 14.1 Å². The Morgan fingerprint density at radius 3 is 2.62 bits per heavy atom. The first-order valence-corrected chi connectivity index (χ1v) is 11.4. The molecule has 2 aromatic rings. The maximum Gasteiger partial charge on any atom is 0.254 e. The maximum absolute atomic E-state index is 13.0. The fraction of sp³-hybridized carbons (Fsp3) is 0.421. The van der Waals surface area contributed by atoms with Crippen LogP contribution in [0.2, 0.25) is 5.02 Å². The minimum Gasteiger partial charge on any atom is -0.394 e. The lowest BCUT2D eigenvalue weighted by Crippen LogP contribution is -2.31. The van der Waals surface area contributed by atoms with Gasteiger partial charge in [-0.1, -0.05) is 27.5 Å². The normalized spacial score (nSPS) is 16.9. The monoisotopic (exact) mass is 503 g/mol. The number of aliphatic hydroxyl groups is 2. The Balaban J connectivity index is 1.94. The summed E-state index contributed by atoms with van der Waals surface area (Å²) < 4.78 is 17.7. The Morgan fingerprint density at radius 1 is 1.34 bits per heavy atom. The molecule has 0 aliphatic heterocycles. The first kappa shape index (κ1) is 22.3. The van der Waals surface area contributed by atoms with Gasteiger partial charge in [0.2, 0.25) is 0 Å². The van der Waals surface area contributed by atoms with Crippen LogP contribution in [0.4, 0.5) is 17.2 Å². The van der Waals surface area contributed by atoms with Crippen molar-refractivity contribution in [3.8, 4) is 0 Å². The highest BCUT2D eigenvalue weighted by Crippen LogP contribution is 2.46. The summed E-state index contributed by atoms with van der Waals surface area (Å²) in [6, 6.07) is 6.98. The van der Waals surface area contributed by atoms with E-state index in [2.05, 4.69) is 26.0 Å². The van der Waals surface area contributed by atoms with Gasteiger partial charge in [0, 0.05) is 17.1 Å². The number of nitrogens with one attached hydrogen (secondary N) is 2. The molecule has 1 aromatic heterocycles. The molecule has 0 amide bonds. The first-order valence-electron chi connectivity index (χ1n) is 9.07. The van der Waals surface area contributed by atoms with Gasteiger partial charge in [0.25, 0.3) is 5.56 Å². The highest BCUT2D eigenvalue weighted by Gasteiger charge is 2.50. The van der Waals surface area contributed by atoms with Crippen LogP contribution in [0.25, 0.3) is 0 Å². The average molecular weight is 505 g/mol. The second-order valence-electron chi connectivity index (χ2n) is 7.30. The SMILES string of the molecule is Cc1cc(NS(=O)C2(CC(O)CO)CC2)c(Nc2ccc(Br)cc2Cl)n(C)c1=O. The van der Waals surface area contributed by atoms with Crippen LogP contribution in [0.1, 0.15) is 24.8 Å². The largest absolute Gasteiger partial charge is 0.394 e. The lowest BCUT2D eigenvalue weighted by atomic mass is 10.2. The highest BCUT2D eigenvalue weighted by atomic mass is 79.9. The van der Waals surface area contributed by atoms with E-state index < -0.39 is 21.8 Å². The van der Waals surface area contributed by atoms with Crippen LogP contribution in [-0.4, -0.2) is 36.4 Å². The topological polar surface area (TPSA) is 104 Å². The third-order valence-electron chi connectivity index (χ3n) is 5.00. The molecular formula is C19H23BrClN3O4S. The number of halogens is 2. The Bertz CT molecular complexity index is 1010. The highest BCUT2D eigenvalue weighted by molar-refractivity contribution is 9.10. The van der Waals surface area contributed by atoms with Crippen molar-refractivity contribution >= 4 is 55.7 Å². The van der Waals surface area contributed by atoms with E-state index in [1.54, 1.807) is 32.2 Å². The average Bonchev–Trinajstić information content (AvgIpc) is 3.45. The van der Waals surface area contributed by atoms with Crippen LogP contribution in [0, 0.1) is 6.92 Å². The van der Waals surface area contributed by atoms with Gasteiger partial charge in [-0.25, -0.2) is 4.21 Å². The van der Waals surface area contributed by atoms with Gasteiger partial charge >= 0.3 is 0 Å². The van der Waals surface area contributed by atoms with Crippen molar-refractivity contribution in [2.75, 3.05) is 16.6 Å². The zero-order valence-electron chi connectivity index (χ0n) is 16.0. The van der Waals surface area contributed by atoms with Crippen LogP contribution in [-0.2, 0) is 18.0 Å². The van der Waals surface area contributed by atoms with E-state index in [4.69, 9.17) is 16.7 Å². The van der Waals surface area contributed by atoms with E-state index in [1.807, 2.05) is 6.07 Å². The minimum atomic E-state index is -1.51. The third kappa shape index (κ3) is 4.86. The van der Waals surface area contributed by atoms with E-state index >= 15 is 0 Å². The standard InChI is InChI=1S/C19H23BrClN3O4S/c1-11-7-16(23-29(28)19(5-6-19)9-13(26)10-25)17(24(2)18(11)27)22-15-4-3-12(20)8-14(15)21/h3-4,7-8,13,22-23,25-26H,5-6,9-10H2,1-2H3. The molecule has 0 bridgehead atoms. The van der Waals surface area contributed by atoms with Gasteiger partial charge in [0.05, 0.1) is 33.9 Å². The predicted molar refractivity (Wildman–Crippen MR) is 120 cm³/mol. The van der Waals surface area contributed by atoms with Gasteiger partial charge in [0.1, 0.15) is 16.8 Å². The molecule has 3 rings (SSSR count). The number of pyridine rings is 1. The Hall–Kier alpha value is -1.39. The van der Waals surface area contributed by atoms with Gasteiger partial charge in [0.15, 0.2) is 0 Å². The molecule has 0 spiro atoms. The number of hydrogen-bond donors (Lipinski definition) is 4. The second kappa shape index (κ2) is 8.77. The molecule has 2 atom stereocenters. The molecule has 10 heteroatoms. The maximum atomic E-state index is 13.0. The molecule has 1 aliphatic carbocycles. The van der Waals surface area contributed by atoms with E-state index in [1.165, 1.54) is 4.57 Å².